The van der Waals surface area contributed by atoms with Crippen LogP contribution in [-0.2, 0) is 6.61 Å². The summed E-state index contributed by atoms with van der Waals surface area (Å²) < 4.78 is 23.8. The van der Waals surface area contributed by atoms with E-state index in [4.69, 9.17) is 20.5 Å². The highest BCUT2D eigenvalue weighted by atomic mass is 19.1. The minimum atomic E-state index is -0.416. The number of halogens is 1. The van der Waals surface area contributed by atoms with E-state index in [1.165, 1.54) is 25.3 Å². The number of nitrogens with zero attached hydrogens (tertiary/aromatic N) is 1. The fourth-order valence-corrected chi connectivity index (χ4v) is 1.71. The SMILES string of the molecule is COc1ccc(N)c(OCc2cc(F)ccc2C#N)c1. The van der Waals surface area contributed by atoms with Gasteiger partial charge in [0.15, 0.2) is 0 Å². The molecule has 0 saturated carbocycles. The van der Waals surface area contributed by atoms with Crippen LogP contribution in [0.1, 0.15) is 11.1 Å². The highest BCUT2D eigenvalue weighted by Crippen LogP contribution is 2.27. The van der Waals surface area contributed by atoms with E-state index in [9.17, 15) is 4.39 Å². The van der Waals surface area contributed by atoms with Crippen LogP contribution in [0.5, 0.6) is 11.5 Å². The number of ether oxygens (including phenoxy) is 2. The van der Waals surface area contributed by atoms with Crippen LogP contribution < -0.4 is 15.2 Å². The van der Waals surface area contributed by atoms with Gasteiger partial charge in [0.05, 0.1) is 24.4 Å². The third-order valence-corrected chi connectivity index (χ3v) is 2.79. The number of nitrogens with two attached hydrogens (primary N) is 1. The normalized spacial score (nSPS) is 9.85. The summed E-state index contributed by atoms with van der Waals surface area (Å²) in [5, 5.41) is 8.97. The maximum atomic E-state index is 13.2. The van der Waals surface area contributed by atoms with Crippen LogP contribution >= 0.6 is 0 Å². The predicted octanol–water partition coefficient (Wildman–Crippen LogP) is 2.87. The number of nitriles is 1. The zero-order valence-electron chi connectivity index (χ0n) is 10.9. The molecule has 0 bridgehead atoms. The molecule has 0 aliphatic carbocycles. The Balaban J connectivity index is 2.21. The Morgan fingerprint density at radius 3 is 2.75 bits per heavy atom. The van der Waals surface area contributed by atoms with Crippen LogP contribution in [0, 0.1) is 17.1 Å². The summed E-state index contributed by atoms with van der Waals surface area (Å²) in [5.74, 6) is 0.618. The number of rotatable bonds is 4. The number of hydrogen-bond donors (Lipinski definition) is 1. The third kappa shape index (κ3) is 2.98. The fraction of sp³-hybridized carbons (Fsp3) is 0.133. The van der Waals surface area contributed by atoms with Gasteiger partial charge in [-0.15, -0.1) is 0 Å². The van der Waals surface area contributed by atoms with E-state index in [1.807, 2.05) is 6.07 Å². The topological polar surface area (TPSA) is 68.3 Å². The van der Waals surface area contributed by atoms with Gasteiger partial charge in [-0.1, -0.05) is 0 Å². The van der Waals surface area contributed by atoms with Crippen molar-refractivity contribution in [2.45, 2.75) is 6.61 Å². The van der Waals surface area contributed by atoms with Gasteiger partial charge in [-0.2, -0.15) is 5.26 Å². The number of nitrogen functional groups attached to an aromatic ring is 1. The molecule has 0 atom stereocenters. The summed E-state index contributed by atoms with van der Waals surface area (Å²) in [7, 11) is 1.54. The lowest BCUT2D eigenvalue weighted by molar-refractivity contribution is 0.304. The van der Waals surface area contributed by atoms with Gasteiger partial charge < -0.3 is 15.2 Å². The monoisotopic (exact) mass is 272 g/mol. The van der Waals surface area contributed by atoms with E-state index in [0.29, 0.717) is 28.3 Å². The number of benzene rings is 2. The Hall–Kier alpha value is -2.74. The summed E-state index contributed by atoms with van der Waals surface area (Å²) in [4.78, 5) is 0. The smallest absolute Gasteiger partial charge is 0.146 e. The summed E-state index contributed by atoms with van der Waals surface area (Å²) >= 11 is 0. The molecule has 0 heterocycles. The van der Waals surface area contributed by atoms with Crippen molar-refractivity contribution in [2.75, 3.05) is 12.8 Å². The first-order chi connectivity index (χ1) is 9.63. The van der Waals surface area contributed by atoms with Gasteiger partial charge in [-0.25, -0.2) is 4.39 Å². The maximum Gasteiger partial charge on any atom is 0.146 e. The maximum absolute atomic E-state index is 13.2. The molecule has 0 amide bonds. The molecule has 0 aliphatic rings. The van der Waals surface area contributed by atoms with Crippen molar-refractivity contribution in [1.82, 2.24) is 0 Å². The van der Waals surface area contributed by atoms with Gasteiger partial charge in [0.1, 0.15) is 23.9 Å². The summed E-state index contributed by atoms with van der Waals surface area (Å²) in [6.07, 6.45) is 0. The summed E-state index contributed by atoms with van der Waals surface area (Å²) in [6.45, 7) is 0.0536. The van der Waals surface area contributed by atoms with E-state index in [-0.39, 0.29) is 6.61 Å². The molecule has 2 N–H and O–H groups in total. The molecule has 2 aromatic rings. The van der Waals surface area contributed by atoms with Crippen molar-refractivity contribution in [1.29, 1.82) is 5.26 Å². The van der Waals surface area contributed by atoms with Gasteiger partial charge in [0.2, 0.25) is 0 Å². The summed E-state index contributed by atoms with van der Waals surface area (Å²) in [6, 6.07) is 10.9. The van der Waals surface area contributed by atoms with Crippen LogP contribution in [0.4, 0.5) is 10.1 Å². The Morgan fingerprint density at radius 1 is 1.25 bits per heavy atom. The average Bonchev–Trinajstić information content (AvgIpc) is 2.46. The van der Waals surface area contributed by atoms with Crippen LogP contribution in [0.2, 0.25) is 0 Å². The second-order valence-electron chi connectivity index (χ2n) is 4.11. The molecule has 0 radical (unpaired) electrons. The Morgan fingerprint density at radius 2 is 2.05 bits per heavy atom. The predicted molar refractivity (Wildman–Crippen MR) is 72.9 cm³/mol. The van der Waals surface area contributed by atoms with Crippen molar-refractivity contribution in [2.24, 2.45) is 0 Å². The van der Waals surface area contributed by atoms with Gasteiger partial charge in [0.25, 0.3) is 0 Å². The van der Waals surface area contributed by atoms with Crippen molar-refractivity contribution >= 4 is 5.69 Å². The van der Waals surface area contributed by atoms with Crippen molar-refractivity contribution in [3.63, 3.8) is 0 Å². The lowest BCUT2D eigenvalue weighted by atomic mass is 10.1. The van der Waals surface area contributed by atoms with E-state index >= 15 is 0 Å². The lowest BCUT2D eigenvalue weighted by Crippen LogP contribution is -2.01. The molecule has 2 aromatic carbocycles. The van der Waals surface area contributed by atoms with Gasteiger partial charge in [-0.3, -0.25) is 0 Å². The van der Waals surface area contributed by atoms with Crippen LogP contribution in [0.25, 0.3) is 0 Å². The molecule has 0 saturated heterocycles. The molecule has 0 aromatic heterocycles. The second kappa shape index (κ2) is 5.93. The number of methoxy groups -OCH3 is 1. The van der Waals surface area contributed by atoms with E-state index in [2.05, 4.69) is 0 Å². The Labute approximate surface area is 116 Å². The molecule has 5 heteroatoms. The van der Waals surface area contributed by atoms with E-state index in [1.54, 1.807) is 18.2 Å². The third-order valence-electron chi connectivity index (χ3n) is 2.79. The van der Waals surface area contributed by atoms with E-state index in [0.717, 1.165) is 0 Å². The van der Waals surface area contributed by atoms with Crippen LogP contribution in [-0.4, -0.2) is 7.11 Å². The molecule has 20 heavy (non-hydrogen) atoms. The Kier molecular flexibility index (Phi) is 4.06. The first kappa shape index (κ1) is 13.7. The standard InChI is InChI=1S/C15H13FN2O2/c1-19-13-4-5-14(18)15(7-13)20-9-11-6-12(16)3-2-10(11)8-17/h2-7H,9,18H2,1H3. The second-order valence-corrected chi connectivity index (χ2v) is 4.11. The first-order valence-corrected chi connectivity index (χ1v) is 5.89. The minimum absolute atomic E-state index is 0.0536. The van der Waals surface area contributed by atoms with Crippen molar-refractivity contribution in [3.05, 3.63) is 53.3 Å². The minimum Gasteiger partial charge on any atom is -0.497 e. The molecule has 4 nitrogen and oxygen atoms in total. The fourth-order valence-electron chi connectivity index (χ4n) is 1.71. The highest BCUT2D eigenvalue weighted by Gasteiger charge is 2.07. The van der Waals surface area contributed by atoms with Gasteiger partial charge >= 0.3 is 0 Å². The molecule has 102 valence electrons. The molecule has 0 spiro atoms. The zero-order chi connectivity index (χ0) is 14.5. The van der Waals surface area contributed by atoms with E-state index < -0.39 is 5.82 Å². The molecule has 0 unspecified atom stereocenters. The van der Waals surface area contributed by atoms with Crippen LogP contribution in [0.3, 0.4) is 0 Å². The molecular weight excluding hydrogens is 259 g/mol. The molecular formula is C15H13FN2O2. The largest absolute Gasteiger partial charge is 0.497 e. The Bertz CT molecular complexity index is 665. The molecule has 0 aliphatic heterocycles. The zero-order valence-corrected chi connectivity index (χ0v) is 10.9. The lowest BCUT2D eigenvalue weighted by Gasteiger charge is -2.11. The number of hydrogen-bond acceptors (Lipinski definition) is 4. The van der Waals surface area contributed by atoms with Gasteiger partial charge in [0, 0.05) is 11.6 Å². The summed E-state index contributed by atoms with van der Waals surface area (Å²) in [5.41, 5.74) is 7.07. The van der Waals surface area contributed by atoms with Gasteiger partial charge in [-0.05, 0) is 30.3 Å². The highest BCUT2D eigenvalue weighted by molar-refractivity contribution is 5.55. The first-order valence-electron chi connectivity index (χ1n) is 5.89. The average molecular weight is 272 g/mol. The molecule has 0 fully saturated rings. The molecule has 2 rings (SSSR count). The number of anilines is 1. The van der Waals surface area contributed by atoms with Crippen molar-refractivity contribution < 1.29 is 13.9 Å². The van der Waals surface area contributed by atoms with Crippen LogP contribution in [0.15, 0.2) is 36.4 Å². The quantitative estimate of drug-likeness (QED) is 0.869. The van der Waals surface area contributed by atoms with Crippen molar-refractivity contribution in [3.8, 4) is 17.6 Å².